The standard InChI is InChI=1S/C16H19NO4/c1-11-5-4-6-16(19)17(11)10-13(18)12-7-8-14(20-2)15(9-12)21-3/h4-9,13,18H,10H2,1-3H3. The molecule has 5 heteroatoms. The molecule has 1 atom stereocenters. The van der Waals surface area contributed by atoms with Crippen LogP contribution < -0.4 is 15.0 Å². The monoisotopic (exact) mass is 289 g/mol. The summed E-state index contributed by atoms with van der Waals surface area (Å²) >= 11 is 0. The van der Waals surface area contributed by atoms with E-state index in [0.29, 0.717) is 17.1 Å². The maximum Gasteiger partial charge on any atom is 0.250 e. The van der Waals surface area contributed by atoms with Gasteiger partial charge in [-0.2, -0.15) is 0 Å². The van der Waals surface area contributed by atoms with Gasteiger partial charge in [-0.15, -0.1) is 0 Å². The third-order valence-corrected chi connectivity index (χ3v) is 3.42. The van der Waals surface area contributed by atoms with E-state index >= 15 is 0 Å². The fourth-order valence-corrected chi connectivity index (χ4v) is 2.20. The molecule has 0 amide bonds. The number of rotatable bonds is 5. The molecule has 0 spiro atoms. The number of ether oxygens (including phenoxy) is 2. The summed E-state index contributed by atoms with van der Waals surface area (Å²) in [5.74, 6) is 1.15. The zero-order valence-electron chi connectivity index (χ0n) is 12.4. The van der Waals surface area contributed by atoms with Gasteiger partial charge in [0.2, 0.25) is 0 Å². The highest BCUT2D eigenvalue weighted by molar-refractivity contribution is 5.43. The number of aliphatic hydroxyl groups is 1. The maximum absolute atomic E-state index is 11.8. The number of methoxy groups -OCH3 is 2. The van der Waals surface area contributed by atoms with Crippen LogP contribution in [0.4, 0.5) is 0 Å². The molecule has 1 aromatic heterocycles. The quantitative estimate of drug-likeness (QED) is 0.913. The van der Waals surface area contributed by atoms with Gasteiger partial charge in [0.05, 0.1) is 26.9 Å². The van der Waals surface area contributed by atoms with Gasteiger partial charge < -0.3 is 19.1 Å². The fraction of sp³-hybridized carbons (Fsp3) is 0.312. The van der Waals surface area contributed by atoms with Crippen molar-refractivity contribution in [3.63, 3.8) is 0 Å². The van der Waals surface area contributed by atoms with Gasteiger partial charge in [-0.3, -0.25) is 4.79 Å². The van der Waals surface area contributed by atoms with Crippen LogP contribution in [-0.4, -0.2) is 23.9 Å². The molecule has 0 aliphatic carbocycles. The Morgan fingerprint density at radius 1 is 1.14 bits per heavy atom. The number of aryl methyl sites for hydroxylation is 1. The molecule has 1 N–H and O–H groups in total. The van der Waals surface area contributed by atoms with E-state index in [4.69, 9.17) is 9.47 Å². The summed E-state index contributed by atoms with van der Waals surface area (Å²) in [4.78, 5) is 11.8. The number of aliphatic hydroxyl groups excluding tert-OH is 1. The van der Waals surface area contributed by atoms with Gasteiger partial charge in [-0.25, -0.2) is 0 Å². The molecule has 21 heavy (non-hydrogen) atoms. The summed E-state index contributed by atoms with van der Waals surface area (Å²) in [7, 11) is 3.10. The first-order chi connectivity index (χ1) is 10.1. The average Bonchev–Trinajstić information content (AvgIpc) is 2.50. The van der Waals surface area contributed by atoms with E-state index in [1.165, 1.54) is 6.07 Å². The molecule has 1 aromatic carbocycles. The van der Waals surface area contributed by atoms with Crippen LogP contribution in [0, 0.1) is 6.92 Å². The lowest BCUT2D eigenvalue weighted by atomic mass is 10.1. The predicted octanol–water partition coefficient (Wildman–Crippen LogP) is 1.91. The highest BCUT2D eigenvalue weighted by Gasteiger charge is 2.13. The third kappa shape index (κ3) is 3.25. The van der Waals surface area contributed by atoms with Crippen LogP contribution in [0.2, 0.25) is 0 Å². The second kappa shape index (κ2) is 6.45. The van der Waals surface area contributed by atoms with E-state index < -0.39 is 6.10 Å². The molecule has 0 aliphatic rings. The van der Waals surface area contributed by atoms with E-state index in [-0.39, 0.29) is 12.1 Å². The second-order valence-electron chi connectivity index (χ2n) is 4.75. The molecule has 0 saturated carbocycles. The Kier molecular flexibility index (Phi) is 4.65. The Morgan fingerprint density at radius 2 is 1.86 bits per heavy atom. The highest BCUT2D eigenvalue weighted by atomic mass is 16.5. The Labute approximate surface area is 123 Å². The number of hydrogen-bond donors (Lipinski definition) is 1. The van der Waals surface area contributed by atoms with Crippen molar-refractivity contribution in [3.8, 4) is 11.5 Å². The van der Waals surface area contributed by atoms with Crippen LogP contribution in [0.5, 0.6) is 11.5 Å². The zero-order chi connectivity index (χ0) is 15.4. The minimum Gasteiger partial charge on any atom is -0.493 e. The topological polar surface area (TPSA) is 60.7 Å². The molecule has 1 unspecified atom stereocenters. The molecular weight excluding hydrogens is 270 g/mol. The summed E-state index contributed by atoms with van der Waals surface area (Å²) in [5.41, 5.74) is 1.35. The summed E-state index contributed by atoms with van der Waals surface area (Å²) in [6.45, 7) is 2.03. The largest absolute Gasteiger partial charge is 0.493 e. The lowest BCUT2D eigenvalue weighted by molar-refractivity contribution is 0.153. The molecule has 1 heterocycles. The van der Waals surface area contributed by atoms with Crippen molar-refractivity contribution >= 4 is 0 Å². The van der Waals surface area contributed by atoms with Gasteiger partial charge in [0.25, 0.3) is 5.56 Å². The van der Waals surface area contributed by atoms with Crippen molar-refractivity contribution in [2.75, 3.05) is 14.2 Å². The van der Waals surface area contributed by atoms with Crippen LogP contribution in [0.15, 0.2) is 41.2 Å². The van der Waals surface area contributed by atoms with E-state index in [2.05, 4.69) is 0 Å². The number of aromatic nitrogens is 1. The van der Waals surface area contributed by atoms with Crippen molar-refractivity contribution in [1.82, 2.24) is 4.57 Å². The molecule has 0 aliphatic heterocycles. The first-order valence-electron chi connectivity index (χ1n) is 6.63. The van der Waals surface area contributed by atoms with Gasteiger partial charge >= 0.3 is 0 Å². The second-order valence-corrected chi connectivity index (χ2v) is 4.75. The number of nitrogens with zero attached hydrogens (tertiary/aromatic N) is 1. The first-order valence-corrected chi connectivity index (χ1v) is 6.63. The molecule has 0 fully saturated rings. The van der Waals surface area contributed by atoms with Crippen molar-refractivity contribution in [2.45, 2.75) is 19.6 Å². The minimum absolute atomic E-state index is 0.130. The molecule has 0 radical (unpaired) electrons. The van der Waals surface area contributed by atoms with Gasteiger partial charge in [0.15, 0.2) is 11.5 Å². The third-order valence-electron chi connectivity index (χ3n) is 3.42. The van der Waals surface area contributed by atoms with Crippen LogP contribution in [0.3, 0.4) is 0 Å². The van der Waals surface area contributed by atoms with Gasteiger partial charge in [-0.1, -0.05) is 12.1 Å². The molecule has 5 nitrogen and oxygen atoms in total. The van der Waals surface area contributed by atoms with Crippen LogP contribution in [0.1, 0.15) is 17.4 Å². The normalized spacial score (nSPS) is 12.0. The Hall–Kier alpha value is -2.27. The Bertz CT molecular complexity index is 678. The Balaban J connectivity index is 2.28. The van der Waals surface area contributed by atoms with Crippen molar-refractivity contribution < 1.29 is 14.6 Å². The number of pyridine rings is 1. The maximum atomic E-state index is 11.8. The predicted molar refractivity (Wildman–Crippen MR) is 79.9 cm³/mol. The first kappa shape index (κ1) is 15.1. The summed E-state index contributed by atoms with van der Waals surface area (Å²) in [5, 5.41) is 10.4. The van der Waals surface area contributed by atoms with Crippen LogP contribution in [0.25, 0.3) is 0 Å². The van der Waals surface area contributed by atoms with Gasteiger partial charge in [-0.05, 0) is 30.7 Å². The molecule has 2 rings (SSSR count). The minimum atomic E-state index is -0.802. The van der Waals surface area contributed by atoms with Gasteiger partial charge in [0.1, 0.15) is 0 Å². The highest BCUT2D eigenvalue weighted by Crippen LogP contribution is 2.30. The summed E-state index contributed by atoms with van der Waals surface area (Å²) < 4.78 is 11.9. The van der Waals surface area contributed by atoms with E-state index in [1.807, 2.05) is 13.0 Å². The molecular formula is C16H19NO4. The van der Waals surface area contributed by atoms with Gasteiger partial charge in [0, 0.05) is 11.8 Å². The van der Waals surface area contributed by atoms with Crippen LogP contribution in [-0.2, 0) is 6.54 Å². The fourth-order valence-electron chi connectivity index (χ4n) is 2.20. The number of benzene rings is 1. The molecule has 0 bridgehead atoms. The van der Waals surface area contributed by atoms with E-state index in [0.717, 1.165) is 5.69 Å². The summed E-state index contributed by atoms with van der Waals surface area (Å²) in [6.07, 6.45) is -0.802. The lowest BCUT2D eigenvalue weighted by Crippen LogP contribution is -2.24. The smallest absolute Gasteiger partial charge is 0.250 e. The van der Waals surface area contributed by atoms with Crippen molar-refractivity contribution in [3.05, 3.63) is 58.0 Å². The average molecular weight is 289 g/mol. The zero-order valence-corrected chi connectivity index (χ0v) is 12.4. The molecule has 2 aromatic rings. The SMILES string of the molecule is COc1ccc(C(O)Cn2c(C)cccc2=O)cc1OC. The van der Waals surface area contributed by atoms with E-state index in [1.54, 1.807) is 43.1 Å². The lowest BCUT2D eigenvalue weighted by Gasteiger charge is -2.16. The van der Waals surface area contributed by atoms with Crippen molar-refractivity contribution in [2.24, 2.45) is 0 Å². The molecule has 0 saturated heterocycles. The number of hydrogen-bond acceptors (Lipinski definition) is 4. The Morgan fingerprint density at radius 3 is 2.48 bits per heavy atom. The van der Waals surface area contributed by atoms with Crippen molar-refractivity contribution in [1.29, 1.82) is 0 Å². The van der Waals surface area contributed by atoms with E-state index in [9.17, 15) is 9.90 Å². The summed E-state index contributed by atoms with van der Waals surface area (Å²) in [6, 6.07) is 10.2. The van der Waals surface area contributed by atoms with Crippen LogP contribution >= 0.6 is 0 Å². The molecule has 112 valence electrons.